The van der Waals surface area contributed by atoms with Gasteiger partial charge in [-0.15, -0.1) is 11.8 Å². The predicted octanol–water partition coefficient (Wildman–Crippen LogP) is -0.560. The quantitative estimate of drug-likeness (QED) is 0.557. The molecule has 8 nitrogen and oxygen atoms in total. The summed E-state index contributed by atoms with van der Waals surface area (Å²) in [6.07, 6.45) is 2.74. The maximum absolute atomic E-state index is 12.3. The van der Waals surface area contributed by atoms with Crippen LogP contribution in [0.25, 0.3) is 0 Å². The largest absolute Gasteiger partial charge is 0.477 e. The molecular formula is C15H19N4O4S+. The molecule has 3 unspecified atom stereocenters. The summed E-state index contributed by atoms with van der Waals surface area (Å²) in [6.45, 7) is 5.05. The van der Waals surface area contributed by atoms with Crippen LogP contribution in [0.2, 0.25) is 0 Å². The van der Waals surface area contributed by atoms with Crippen LogP contribution in [0.1, 0.15) is 13.8 Å². The molecule has 2 N–H and O–H groups in total. The minimum absolute atomic E-state index is 0.0820. The minimum Gasteiger partial charge on any atom is -0.477 e. The Morgan fingerprint density at radius 1 is 1.54 bits per heavy atom. The molecule has 1 saturated heterocycles. The zero-order valence-electron chi connectivity index (χ0n) is 13.4. The van der Waals surface area contributed by atoms with E-state index in [0.717, 1.165) is 18.0 Å². The van der Waals surface area contributed by atoms with E-state index in [2.05, 4.69) is 4.98 Å². The molecule has 4 rings (SSSR count). The maximum atomic E-state index is 12.3. The van der Waals surface area contributed by atoms with Crippen LogP contribution in [-0.2, 0) is 22.7 Å². The molecular weight excluding hydrogens is 332 g/mol. The average molecular weight is 351 g/mol. The van der Waals surface area contributed by atoms with Crippen LogP contribution < -0.4 is 4.68 Å². The number of aliphatic hydroxyl groups excluding tert-OH is 1. The standard InChI is InChI=1S/C15H18N4O4S/c1-7-11-10(8(2)20)14(21)19(11)12(15(22)23)13(7)24-9-3-17-5-16-6-18(17)4-9/h5-11,20H,3-4H2,1-2H3/p+1/t7?,8?,10?,11-/m1/s1. The SMILES string of the molecule is CC(O)C1C(=O)N2C(C(=O)O)=C(SC3Cn4cnc[n+]4C3)C(C)[C@H]12. The van der Waals surface area contributed by atoms with Crippen molar-refractivity contribution in [1.82, 2.24) is 14.6 Å². The van der Waals surface area contributed by atoms with Gasteiger partial charge in [0.25, 0.3) is 0 Å². The van der Waals surface area contributed by atoms with Crippen molar-refractivity contribution >= 4 is 23.6 Å². The molecule has 0 saturated carbocycles. The number of fused-ring (bicyclic) bond motifs is 2. The molecule has 1 aromatic heterocycles. The van der Waals surface area contributed by atoms with Gasteiger partial charge in [-0.05, 0) is 11.9 Å². The molecule has 4 heterocycles. The number of nitrogens with zero attached hydrogens (tertiary/aromatic N) is 4. The van der Waals surface area contributed by atoms with Crippen LogP contribution in [-0.4, -0.2) is 54.1 Å². The fourth-order valence-electron chi connectivity index (χ4n) is 4.03. The van der Waals surface area contributed by atoms with Crippen molar-refractivity contribution in [3.05, 3.63) is 23.3 Å². The summed E-state index contributed by atoms with van der Waals surface area (Å²) < 4.78 is 3.99. The summed E-state index contributed by atoms with van der Waals surface area (Å²) in [4.78, 5) is 30.3. The van der Waals surface area contributed by atoms with Crippen LogP contribution in [0.5, 0.6) is 0 Å². The van der Waals surface area contributed by atoms with Gasteiger partial charge < -0.3 is 15.1 Å². The number of β-lactam (4-membered cyclic amide) rings is 1. The highest BCUT2D eigenvalue weighted by atomic mass is 32.2. The number of amides is 1. The Morgan fingerprint density at radius 3 is 2.92 bits per heavy atom. The van der Waals surface area contributed by atoms with Gasteiger partial charge in [0, 0.05) is 10.8 Å². The second-order valence-corrected chi connectivity index (χ2v) is 7.98. The highest BCUT2D eigenvalue weighted by Crippen LogP contribution is 2.51. The summed E-state index contributed by atoms with van der Waals surface area (Å²) in [6, 6.07) is -0.249. The van der Waals surface area contributed by atoms with Gasteiger partial charge in [0.1, 0.15) is 12.2 Å². The van der Waals surface area contributed by atoms with Gasteiger partial charge >= 0.3 is 12.3 Å². The van der Waals surface area contributed by atoms with E-state index in [1.54, 1.807) is 19.6 Å². The van der Waals surface area contributed by atoms with Gasteiger partial charge in [0.05, 0.1) is 29.9 Å². The van der Waals surface area contributed by atoms with Gasteiger partial charge in [-0.2, -0.15) is 9.36 Å². The maximum Gasteiger partial charge on any atom is 0.353 e. The van der Waals surface area contributed by atoms with Gasteiger partial charge in [-0.3, -0.25) is 4.79 Å². The van der Waals surface area contributed by atoms with Crippen molar-refractivity contribution in [2.24, 2.45) is 11.8 Å². The molecule has 3 aliphatic rings. The lowest BCUT2D eigenvalue weighted by Crippen LogP contribution is -2.63. The lowest BCUT2D eigenvalue weighted by Gasteiger charge is -2.46. The van der Waals surface area contributed by atoms with Crippen LogP contribution >= 0.6 is 11.8 Å². The van der Waals surface area contributed by atoms with Crippen LogP contribution in [0.3, 0.4) is 0 Å². The van der Waals surface area contributed by atoms with E-state index < -0.39 is 18.0 Å². The molecule has 0 aromatic carbocycles. The molecule has 9 heteroatoms. The van der Waals surface area contributed by atoms with Crippen LogP contribution in [0.15, 0.2) is 23.3 Å². The number of carboxylic acid groups (broad SMARTS) is 1. The number of thioether (sulfide) groups is 1. The summed E-state index contributed by atoms with van der Waals surface area (Å²) in [5.41, 5.74) is 0.0964. The molecule has 24 heavy (non-hydrogen) atoms. The highest BCUT2D eigenvalue weighted by Gasteiger charge is 2.60. The number of hydrogen-bond acceptors (Lipinski definition) is 5. The fraction of sp³-hybridized carbons (Fsp3) is 0.600. The predicted molar refractivity (Wildman–Crippen MR) is 83.4 cm³/mol. The average Bonchev–Trinajstić information content (AvgIpc) is 3.12. The second kappa shape index (κ2) is 5.32. The van der Waals surface area contributed by atoms with Crippen LogP contribution in [0, 0.1) is 11.8 Å². The van der Waals surface area contributed by atoms with Gasteiger partial charge in [0.15, 0.2) is 0 Å². The van der Waals surface area contributed by atoms with E-state index in [-0.39, 0.29) is 28.8 Å². The smallest absolute Gasteiger partial charge is 0.353 e. The molecule has 1 aromatic rings. The van der Waals surface area contributed by atoms with E-state index in [4.69, 9.17) is 0 Å². The molecule has 1 amide bonds. The van der Waals surface area contributed by atoms with E-state index in [1.807, 2.05) is 16.3 Å². The van der Waals surface area contributed by atoms with E-state index in [1.165, 1.54) is 16.7 Å². The van der Waals surface area contributed by atoms with Crippen molar-refractivity contribution in [2.45, 2.75) is 44.3 Å². The zero-order chi connectivity index (χ0) is 17.2. The topological polar surface area (TPSA) is 99.5 Å². The number of carboxylic acids is 1. The van der Waals surface area contributed by atoms with Crippen molar-refractivity contribution in [3.8, 4) is 0 Å². The molecule has 128 valence electrons. The number of aliphatic hydroxyl groups is 1. The molecule has 0 radical (unpaired) electrons. The Hall–Kier alpha value is -1.87. The Morgan fingerprint density at radius 2 is 2.29 bits per heavy atom. The van der Waals surface area contributed by atoms with Gasteiger partial charge in [-0.25, -0.2) is 4.79 Å². The van der Waals surface area contributed by atoms with Crippen molar-refractivity contribution in [2.75, 3.05) is 0 Å². The molecule has 0 bridgehead atoms. The van der Waals surface area contributed by atoms with E-state index in [9.17, 15) is 19.8 Å². The second-order valence-electron chi connectivity index (χ2n) is 6.64. The highest BCUT2D eigenvalue weighted by molar-refractivity contribution is 8.03. The first-order chi connectivity index (χ1) is 11.4. The molecule has 0 aliphatic carbocycles. The zero-order valence-corrected chi connectivity index (χ0v) is 14.2. The van der Waals surface area contributed by atoms with Crippen molar-refractivity contribution in [3.63, 3.8) is 0 Å². The third kappa shape index (κ3) is 2.04. The van der Waals surface area contributed by atoms with Crippen molar-refractivity contribution < 1.29 is 24.5 Å². The van der Waals surface area contributed by atoms with Crippen LogP contribution in [0.4, 0.5) is 0 Å². The van der Waals surface area contributed by atoms with Crippen molar-refractivity contribution in [1.29, 1.82) is 0 Å². The molecule has 3 aliphatic heterocycles. The first-order valence-corrected chi connectivity index (χ1v) is 8.83. The number of aliphatic carboxylic acids is 1. The third-order valence-corrected chi connectivity index (χ3v) is 6.57. The summed E-state index contributed by atoms with van der Waals surface area (Å²) in [7, 11) is 0. The molecule has 4 atom stereocenters. The third-order valence-electron chi connectivity index (χ3n) is 5.12. The monoisotopic (exact) mass is 351 g/mol. The Bertz CT molecular complexity index is 738. The first-order valence-electron chi connectivity index (χ1n) is 7.95. The number of rotatable bonds is 4. The van der Waals surface area contributed by atoms with E-state index >= 15 is 0 Å². The fourth-order valence-corrected chi connectivity index (χ4v) is 5.49. The Kier molecular flexibility index (Phi) is 3.47. The van der Waals surface area contributed by atoms with Gasteiger partial charge in [0.2, 0.25) is 12.2 Å². The Balaban J connectivity index is 1.61. The summed E-state index contributed by atoms with van der Waals surface area (Å²) in [5, 5.41) is 19.7. The normalized spacial score (nSPS) is 32.6. The lowest BCUT2D eigenvalue weighted by atomic mass is 9.79. The minimum atomic E-state index is -1.07. The molecule has 0 spiro atoms. The first kappa shape index (κ1) is 15.6. The summed E-state index contributed by atoms with van der Waals surface area (Å²) in [5.74, 6) is -1.95. The number of aromatic nitrogens is 3. The number of carbonyl (C=O) groups is 2. The van der Waals surface area contributed by atoms with Gasteiger partial charge in [-0.1, -0.05) is 6.92 Å². The molecule has 1 fully saturated rings. The van der Waals surface area contributed by atoms with E-state index in [0.29, 0.717) is 0 Å². The summed E-state index contributed by atoms with van der Waals surface area (Å²) >= 11 is 1.54. The Labute approximate surface area is 142 Å². The number of hydrogen-bond donors (Lipinski definition) is 2. The lowest BCUT2D eigenvalue weighted by molar-refractivity contribution is -0.758. The number of carbonyl (C=O) groups excluding carboxylic acids is 1.